The largest absolute Gasteiger partial charge is 0.384 e. The summed E-state index contributed by atoms with van der Waals surface area (Å²) in [4.78, 5) is 18.5. The van der Waals surface area contributed by atoms with Gasteiger partial charge in [0, 0.05) is 36.5 Å². The van der Waals surface area contributed by atoms with E-state index in [9.17, 15) is 4.79 Å². The Hall–Kier alpha value is -1.51. The average Bonchev–Trinajstić information content (AvgIpc) is 2.52. The van der Waals surface area contributed by atoms with Crippen molar-refractivity contribution in [3.05, 3.63) is 29.6 Å². The molecule has 0 aromatic carbocycles. The third kappa shape index (κ3) is 3.53. The van der Waals surface area contributed by atoms with E-state index in [4.69, 9.17) is 5.11 Å². The molecule has 1 aromatic heterocycles. The monoisotopic (exact) mass is 290 g/mol. The number of aliphatic hydroxyl groups excluding tert-OH is 1. The number of carbonyl (C=O) groups is 1. The number of aromatic nitrogens is 1. The van der Waals surface area contributed by atoms with E-state index in [0.717, 1.165) is 25.3 Å². The van der Waals surface area contributed by atoms with Gasteiger partial charge in [0.1, 0.15) is 6.61 Å². The second-order valence-electron chi connectivity index (χ2n) is 4.53. The Labute approximate surface area is 123 Å². The Morgan fingerprint density at radius 1 is 1.65 bits per heavy atom. The molecule has 2 heterocycles. The predicted octanol–water partition coefficient (Wildman–Crippen LogP) is 1.39. The zero-order valence-electron chi connectivity index (χ0n) is 11.5. The molecule has 1 saturated heterocycles. The van der Waals surface area contributed by atoms with Gasteiger partial charge in [-0.1, -0.05) is 18.8 Å². The average molecular weight is 290 g/mol. The van der Waals surface area contributed by atoms with Gasteiger partial charge in [-0.05, 0) is 12.5 Å². The van der Waals surface area contributed by atoms with Crippen molar-refractivity contribution in [3.63, 3.8) is 0 Å². The molecule has 0 aliphatic carbocycles. The Kier molecular flexibility index (Phi) is 5.45. The van der Waals surface area contributed by atoms with Crippen LogP contribution in [0.3, 0.4) is 0 Å². The summed E-state index contributed by atoms with van der Waals surface area (Å²) in [6.45, 7) is 3.49. The normalized spacial score (nSPS) is 18.3. The molecular weight excluding hydrogens is 272 g/mol. The molecule has 106 valence electrons. The van der Waals surface area contributed by atoms with Crippen molar-refractivity contribution in [3.8, 4) is 11.8 Å². The van der Waals surface area contributed by atoms with Crippen LogP contribution in [0.4, 0.5) is 0 Å². The molecule has 1 amide bonds. The van der Waals surface area contributed by atoms with Gasteiger partial charge in [0.2, 0.25) is 0 Å². The van der Waals surface area contributed by atoms with Crippen LogP contribution in [0.5, 0.6) is 0 Å². The van der Waals surface area contributed by atoms with Gasteiger partial charge in [0.15, 0.2) is 0 Å². The van der Waals surface area contributed by atoms with E-state index in [1.807, 2.05) is 16.7 Å². The number of pyridine rings is 1. The summed E-state index contributed by atoms with van der Waals surface area (Å²) < 4.78 is 0. The van der Waals surface area contributed by atoms with Crippen molar-refractivity contribution in [2.75, 3.05) is 25.4 Å². The predicted molar refractivity (Wildman–Crippen MR) is 80.6 cm³/mol. The highest BCUT2D eigenvalue weighted by Crippen LogP contribution is 2.22. The first-order valence-corrected chi connectivity index (χ1v) is 7.75. The first kappa shape index (κ1) is 14.9. The van der Waals surface area contributed by atoms with Crippen LogP contribution in [0.2, 0.25) is 0 Å². The highest BCUT2D eigenvalue weighted by Gasteiger charge is 2.25. The zero-order valence-corrected chi connectivity index (χ0v) is 12.3. The maximum atomic E-state index is 12.6. The van der Waals surface area contributed by atoms with Crippen LogP contribution in [0.15, 0.2) is 18.5 Å². The van der Waals surface area contributed by atoms with Gasteiger partial charge >= 0.3 is 0 Å². The molecule has 5 heteroatoms. The summed E-state index contributed by atoms with van der Waals surface area (Å²) in [6.07, 6.45) is 4.25. The van der Waals surface area contributed by atoms with Crippen molar-refractivity contribution in [1.82, 2.24) is 9.88 Å². The molecule has 4 nitrogen and oxygen atoms in total. The lowest BCUT2D eigenvalue weighted by molar-refractivity contribution is 0.0760. The van der Waals surface area contributed by atoms with Crippen LogP contribution in [0, 0.1) is 11.8 Å². The van der Waals surface area contributed by atoms with E-state index in [-0.39, 0.29) is 12.5 Å². The molecule has 0 saturated carbocycles. The minimum Gasteiger partial charge on any atom is -0.384 e. The van der Waals surface area contributed by atoms with Crippen molar-refractivity contribution < 1.29 is 9.90 Å². The SMILES string of the molecule is CCC1CN(C(=O)c2ccncc2C#CCO)CCS1. The maximum absolute atomic E-state index is 12.6. The number of hydrogen-bond acceptors (Lipinski definition) is 4. The van der Waals surface area contributed by atoms with Gasteiger partial charge < -0.3 is 10.0 Å². The quantitative estimate of drug-likeness (QED) is 0.836. The number of hydrogen-bond donors (Lipinski definition) is 1. The van der Waals surface area contributed by atoms with E-state index < -0.39 is 0 Å². The molecule has 0 spiro atoms. The lowest BCUT2D eigenvalue weighted by atomic mass is 10.1. The standard InChI is InChI=1S/C15H18N2O2S/c1-2-13-11-17(7-9-20-13)15(19)14-5-6-16-10-12(14)4-3-8-18/h5-6,10,13,18H,2,7-9,11H2,1H3. The maximum Gasteiger partial charge on any atom is 0.255 e. The van der Waals surface area contributed by atoms with Crippen LogP contribution < -0.4 is 0 Å². The lowest BCUT2D eigenvalue weighted by Gasteiger charge is -2.32. The van der Waals surface area contributed by atoms with Gasteiger partial charge in [0.05, 0.1) is 11.1 Å². The Balaban J connectivity index is 2.20. The molecule has 0 bridgehead atoms. The number of carbonyl (C=O) groups excluding carboxylic acids is 1. The van der Waals surface area contributed by atoms with Crippen molar-refractivity contribution >= 4 is 17.7 Å². The fourth-order valence-corrected chi connectivity index (χ4v) is 3.32. The fraction of sp³-hybridized carbons (Fsp3) is 0.467. The van der Waals surface area contributed by atoms with Crippen molar-refractivity contribution in [1.29, 1.82) is 0 Å². The van der Waals surface area contributed by atoms with Gasteiger partial charge in [-0.2, -0.15) is 11.8 Å². The molecule has 1 atom stereocenters. The number of thioether (sulfide) groups is 1. The topological polar surface area (TPSA) is 53.4 Å². The smallest absolute Gasteiger partial charge is 0.255 e. The molecule has 20 heavy (non-hydrogen) atoms. The number of amides is 1. The molecular formula is C15H18N2O2S. The minimum absolute atomic E-state index is 0.00777. The molecule has 1 N–H and O–H groups in total. The van der Waals surface area contributed by atoms with Crippen LogP contribution in [-0.4, -0.2) is 51.6 Å². The summed E-state index contributed by atoms with van der Waals surface area (Å²) in [5.74, 6) is 6.35. The molecule has 1 aliphatic rings. The molecule has 0 radical (unpaired) electrons. The Morgan fingerprint density at radius 3 is 3.25 bits per heavy atom. The summed E-state index contributed by atoms with van der Waals surface area (Å²) in [5.41, 5.74) is 1.15. The van der Waals surface area contributed by atoms with Crippen LogP contribution in [0.1, 0.15) is 29.3 Å². The first-order chi connectivity index (χ1) is 9.76. The highest BCUT2D eigenvalue weighted by molar-refractivity contribution is 8.00. The van der Waals surface area contributed by atoms with E-state index in [1.165, 1.54) is 0 Å². The summed E-state index contributed by atoms with van der Waals surface area (Å²) >= 11 is 1.93. The number of aliphatic hydroxyl groups is 1. The highest BCUT2D eigenvalue weighted by atomic mass is 32.2. The van der Waals surface area contributed by atoms with Gasteiger partial charge in [-0.15, -0.1) is 0 Å². The van der Waals surface area contributed by atoms with E-state index in [0.29, 0.717) is 16.4 Å². The molecule has 1 aliphatic heterocycles. The second-order valence-corrected chi connectivity index (χ2v) is 5.94. The summed E-state index contributed by atoms with van der Waals surface area (Å²) in [7, 11) is 0. The van der Waals surface area contributed by atoms with Crippen LogP contribution in [-0.2, 0) is 0 Å². The summed E-state index contributed by atoms with van der Waals surface area (Å²) in [5, 5.41) is 9.30. The fourth-order valence-electron chi connectivity index (χ4n) is 2.14. The van der Waals surface area contributed by atoms with Crippen molar-refractivity contribution in [2.45, 2.75) is 18.6 Å². The lowest BCUT2D eigenvalue weighted by Crippen LogP contribution is -2.42. The van der Waals surface area contributed by atoms with Crippen LogP contribution >= 0.6 is 11.8 Å². The third-order valence-corrected chi connectivity index (χ3v) is 4.61. The van der Waals surface area contributed by atoms with Crippen molar-refractivity contribution in [2.24, 2.45) is 0 Å². The zero-order chi connectivity index (χ0) is 14.4. The van der Waals surface area contributed by atoms with Crippen LogP contribution in [0.25, 0.3) is 0 Å². The van der Waals surface area contributed by atoms with Gasteiger partial charge in [-0.3, -0.25) is 9.78 Å². The van der Waals surface area contributed by atoms with Gasteiger partial charge in [-0.25, -0.2) is 0 Å². The second kappa shape index (κ2) is 7.32. The molecule has 1 unspecified atom stereocenters. The van der Waals surface area contributed by atoms with E-state index in [1.54, 1.807) is 18.5 Å². The van der Waals surface area contributed by atoms with E-state index in [2.05, 4.69) is 23.7 Å². The molecule has 1 fully saturated rings. The Bertz CT molecular complexity index is 536. The molecule has 2 rings (SSSR count). The molecule has 1 aromatic rings. The van der Waals surface area contributed by atoms with E-state index >= 15 is 0 Å². The number of nitrogens with zero attached hydrogens (tertiary/aromatic N) is 2. The number of rotatable bonds is 2. The van der Waals surface area contributed by atoms with Gasteiger partial charge in [0.25, 0.3) is 5.91 Å². The third-order valence-electron chi connectivity index (χ3n) is 3.23. The first-order valence-electron chi connectivity index (χ1n) is 6.71. The minimum atomic E-state index is -0.221. The Morgan fingerprint density at radius 2 is 2.50 bits per heavy atom. The summed E-state index contributed by atoms with van der Waals surface area (Å²) in [6, 6.07) is 1.70.